The maximum atomic E-state index is 12.4. The molecule has 0 fully saturated rings. The highest BCUT2D eigenvalue weighted by molar-refractivity contribution is 6.00. The summed E-state index contributed by atoms with van der Waals surface area (Å²) in [5.41, 5.74) is 3.10. The van der Waals surface area contributed by atoms with E-state index in [1.54, 1.807) is 0 Å². The average Bonchev–Trinajstić information content (AvgIpc) is 2.61. The molecule has 0 atom stereocenters. The number of rotatable bonds is 4. The number of nitrogens with zero attached hydrogens (tertiary/aromatic N) is 4. The summed E-state index contributed by atoms with van der Waals surface area (Å²) in [5.74, 6) is 0.181. The van der Waals surface area contributed by atoms with E-state index in [1.165, 1.54) is 25.8 Å². The maximum Gasteiger partial charge on any atom is 0.296 e. The van der Waals surface area contributed by atoms with Crippen molar-refractivity contribution < 1.29 is 14.3 Å². The molecule has 1 aliphatic rings. The Kier molecular flexibility index (Phi) is 4.54. The van der Waals surface area contributed by atoms with E-state index in [9.17, 15) is 4.79 Å². The van der Waals surface area contributed by atoms with Crippen molar-refractivity contribution >= 4 is 11.9 Å². The van der Waals surface area contributed by atoms with Crippen LogP contribution >= 0.6 is 0 Å². The molecule has 8 nitrogen and oxygen atoms in total. The van der Waals surface area contributed by atoms with Crippen LogP contribution in [-0.2, 0) is 12.8 Å². The summed E-state index contributed by atoms with van der Waals surface area (Å²) in [7, 11) is 2.92. The van der Waals surface area contributed by atoms with Gasteiger partial charge in [-0.05, 0) is 38.2 Å². The Balaban J connectivity index is 1.86. The highest BCUT2D eigenvalue weighted by Gasteiger charge is 2.19. The minimum atomic E-state index is -0.512. The summed E-state index contributed by atoms with van der Waals surface area (Å²) in [6.45, 7) is 1.94. The third-order valence-electron chi connectivity index (χ3n) is 3.92. The van der Waals surface area contributed by atoms with Gasteiger partial charge >= 0.3 is 0 Å². The number of carbonyl (C=O) groups is 1. The lowest BCUT2D eigenvalue weighted by molar-refractivity contribution is 0.101. The van der Waals surface area contributed by atoms with Crippen LogP contribution in [0, 0.1) is 6.92 Å². The number of methoxy groups -OCH3 is 2. The van der Waals surface area contributed by atoms with Crippen LogP contribution in [0.2, 0.25) is 0 Å². The first kappa shape index (κ1) is 16.1. The highest BCUT2D eigenvalue weighted by atomic mass is 16.5. The minimum Gasteiger partial charge on any atom is -0.481 e. The molecule has 0 spiro atoms. The standard InChI is InChI=1S/C16H19N5O3/c1-9-10-6-4-5-7-11(10)18-16(17-9)21-15(22)14-19-12(23-2)8-13(20-14)24-3/h8H,4-7H2,1-3H3,(H,17,18,21,22). The zero-order chi connectivity index (χ0) is 17.1. The lowest BCUT2D eigenvalue weighted by atomic mass is 9.95. The number of hydrogen-bond acceptors (Lipinski definition) is 7. The number of fused-ring (bicyclic) bond motifs is 1. The van der Waals surface area contributed by atoms with Crippen molar-refractivity contribution in [2.24, 2.45) is 0 Å². The smallest absolute Gasteiger partial charge is 0.296 e. The molecule has 3 rings (SSSR count). The minimum absolute atomic E-state index is 0.0647. The Labute approximate surface area is 139 Å². The molecule has 0 saturated heterocycles. The molecule has 24 heavy (non-hydrogen) atoms. The Morgan fingerprint density at radius 1 is 1.04 bits per heavy atom. The Hall–Kier alpha value is -2.77. The fraction of sp³-hybridized carbons (Fsp3) is 0.438. The van der Waals surface area contributed by atoms with Crippen LogP contribution in [0.1, 0.15) is 40.4 Å². The molecule has 8 heteroatoms. The van der Waals surface area contributed by atoms with Gasteiger partial charge in [0.25, 0.3) is 5.91 Å². The van der Waals surface area contributed by atoms with E-state index in [0.717, 1.165) is 37.1 Å². The number of aromatic nitrogens is 4. The van der Waals surface area contributed by atoms with Gasteiger partial charge in [0, 0.05) is 11.4 Å². The number of hydrogen-bond donors (Lipinski definition) is 1. The van der Waals surface area contributed by atoms with Crippen molar-refractivity contribution in [3.63, 3.8) is 0 Å². The SMILES string of the molecule is COc1cc(OC)nc(C(=O)Nc2nc(C)c3c(n2)CCCC3)n1. The zero-order valence-electron chi connectivity index (χ0n) is 13.9. The molecule has 0 radical (unpaired) electrons. The highest BCUT2D eigenvalue weighted by Crippen LogP contribution is 2.23. The van der Waals surface area contributed by atoms with Crippen LogP contribution < -0.4 is 14.8 Å². The molecule has 126 valence electrons. The molecule has 0 aromatic carbocycles. The molecular weight excluding hydrogens is 310 g/mol. The first-order chi connectivity index (χ1) is 11.6. The number of carbonyl (C=O) groups excluding carboxylic acids is 1. The zero-order valence-corrected chi connectivity index (χ0v) is 13.9. The number of amides is 1. The van der Waals surface area contributed by atoms with Gasteiger partial charge < -0.3 is 9.47 Å². The van der Waals surface area contributed by atoms with Gasteiger partial charge in [0.05, 0.1) is 20.3 Å². The summed E-state index contributed by atoms with van der Waals surface area (Å²) in [6, 6.07) is 1.50. The molecule has 2 aromatic heterocycles. The number of anilines is 1. The fourth-order valence-corrected chi connectivity index (χ4v) is 2.71. The number of ether oxygens (including phenoxy) is 2. The molecule has 0 unspecified atom stereocenters. The first-order valence-electron chi connectivity index (χ1n) is 7.75. The lowest BCUT2D eigenvalue weighted by Gasteiger charge is -2.17. The van der Waals surface area contributed by atoms with Gasteiger partial charge in [-0.3, -0.25) is 10.1 Å². The normalized spacial score (nSPS) is 13.1. The van der Waals surface area contributed by atoms with Crippen molar-refractivity contribution in [3.05, 3.63) is 28.8 Å². The molecule has 1 aliphatic carbocycles. The summed E-state index contributed by atoms with van der Waals surface area (Å²) < 4.78 is 10.1. The van der Waals surface area contributed by atoms with Crippen molar-refractivity contribution in [2.45, 2.75) is 32.6 Å². The predicted molar refractivity (Wildman–Crippen MR) is 86.5 cm³/mol. The van der Waals surface area contributed by atoms with E-state index in [4.69, 9.17) is 9.47 Å². The van der Waals surface area contributed by atoms with Crippen LogP contribution in [-0.4, -0.2) is 40.1 Å². The van der Waals surface area contributed by atoms with Crippen molar-refractivity contribution in [1.29, 1.82) is 0 Å². The lowest BCUT2D eigenvalue weighted by Crippen LogP contribution is -2.20. The molecule has 2 heterocycles. The predicted octanol–water partition coefficient (Wildman–Crippen LogP) is 1.72. The summed E-state index contributed by atoms with van der Waals surface area (Å²) >= 11 is 0. The largest absolute Gasteiger partial charge is 0.481 e. The second kappa shape index (κ2) is 6.77. The van der Waals surface area contributed by atoms with Gasteiger partial charge in [0.2, 0.25) is 23.5 Å². The maximum absolute atomic E-state index is 12.4. The van der Waals surface area contributed by atoms with Crippen LogP contribution in [0.3, 0.4) is 0 Å². The molecular formula is C16H19N5O3. The van der Waals surface area contributed by atoms with Gasteiger partial charge in [0.1, 0.15) is 0 Å². The molecule has 0 bridgehead atoms. The van der Waals surface area contributed by atoms with E-state index in [2.05, 4.69) is 25.3 Å². The van der Waals surface area contributed by atoms with E-state index < -0.39 is 5.91 Å². The summed E-state index contributed by atoms with van der Waals surface area (Å²) in [5, 5.41) is 2.65. The van der Waals surface area contributed by atoms with Crippen LogP contribution in [0.25, 0.3) is 0 Å². The molecule has 2 aromatic rings. The molecule has 0 saturated carbocycles. The van der Waals surface area contributed by atoms with Crippen LogP contribution in [0.5, 0.6) is 11.8 Å². The van der Waals surface area contributed by atoms with Crippen LogP contribution in [0.4, 0.5) is 5.95 Å². The second-order valence-electron chi connectivity index (χ2n) is 5.50. The molecule has 1 amide bonds. The third-order valence-corrected chi connectivity index (χ3v) is 3.92. The van der Waals surface area contributed by atoms with E-state index in [-0.39, 0.29) is 23.5 Å². The number of aryl methyl sites for hydroxylation is 2. The summed E-state index contributed by atoms with van der Waals surface area (Å²) in [6.07, 6.45) is 4.16. The molecule has 1 N–H and O–H groups in total. The van der Waals surface area contributed by atoms with Crippen molar-refractivity contribution in [1.82, 2.24) is 19.9 Å². The second-order valence-corrected chi connectivity index (χ2v) is 5.50. The fourth-order valence-electron chi connectivity index (χ4n) is 2.71. The first-order valence-corrected chi connectivity index (χ1v) is 7.75. The van der Waals surface area contributed by atoms with Gasteiger partial charge in [-0.2, -0.15) is 9.97 Å². The monoisotopic (exact) mass is 329 g/mol. The van der Waals surface area contributed by atoms with E-state index in [0.29, 0.717) is 0 Å². The van der Waals surface area contributed by atoms with Crippen molar-refractivity contribution in [2.75, 3.05) is 19.5 Å². The van der Waals surface area contributed by atoms with Crippen molar-refractivity contribution in [3.8, 4) is 11.8 Å². The Bertz CT molecular complexity index is 756. The van der Waals surface area contributed by atoms with Gasteiger partial charge in [-0.25, -0.2) is 9.97 Å². The Morgan fingerprint density at radius 3 is 2.38 bits per heavy atom. The van der Waals surface area contributed by atoms with Gasteiger partial charge in [-0.1, -0.05) is 0 Å². The average molecular weight is 329 g/mol. The topological polar surface area (TPSA) is 99.1 Å². The van der Waals surface area contributed by atoms with E-state index in [1.807, 2.05) is 6.92 Å². The number of nitrogens with one attached hydrogen (secondary N) is 1. The third kappa shape index (κ3) is 3.27. The Morgan fingerprint density at radius 2 is 1.71 bits per heavy atom. The van der Waals surface area contributed by atoms with Gasteiger partial charge in [0.15, 0.2) is 0 Å². The van der Waals surface area contributed by atoms with Gasteiger partial charge in [-0.15, -0.1) is 0 Å². The quantitative estimate of drug-likeness (QED) is 0.911. The molecule has 0 aliphatic heterocycles. The van der Waals surface area contributed by atoms with Crippen LogP contribution in [0.15, 0.2) is 6.07 Å². The summed E-state index contributed by atoms with van der Waals surface area (Å²) in [4.78, 5) is 29.3. The van der Waals surface area contributed by atoms with E-state index >= 15 is 0 Å².